The highest BCUT2D eigenvalue weighted by molar-refractivity contribution is 7.19. The Kier molecular flexibility index (Phi) is 4.88. The summed E-state index contributed by atoms with van der Waals surface area (Å²) in [6.07, 6.45) is -0.851. The predicted molar refractivity (Wildman–Crippen MR) is 94.9 cm³/mol. The van der Waals surface area contributed by atoms with Gasteiger partial charge in [0.15, 0.2) is 0 Å². The first-order chi connectivity index (χ1) is 11.6. The average molecular weight is 340 g/mol. The monoisotopic (exact) mass is 340 g/mol. The van der Waals surface area contributed by atoms with Gasteiger partial charge < -0.3 is 15.7 Å². The Bertz CT molecular complexity index is 828. The van der Waals surface area contributed by atoms with Gasteiger partial charge in [-0.3, -0.25) is 9.59 Å². The number of aliphatic hydroxyl groups excluding tert-OH is 1. The zero-order valence-corrected chi connectivity index (χ0v) is 13.5. The van der Waals surface area contributed by atoms with Crippen LogP contribution in [0.25, 0.3) is 10.1 Å². The maximum atomic E-state index is 11.8. The molecule has 0 aliphatic carbocycles. The van der Waals surface area contributed by atoms with E-state index < -0.39 is 17.9 Å². The molecule has 0 fully saturated rings. The van der Waals surface area contributed by atoms with Gasteiger partial charge in [-0.15, -0.1) is 11.3 Å². The summed E-state index contributed by atoms with van der Waals surface area (Å²) in [5.41, 5.74) is 0.544. The van der Waals surface area contributed by atoms with Gasteiger partial charge in [0, 0.05) is 21.8 Å². The third-order valence-corrected chi connectivity index (χ3v) is 4.68. The molecule has 24 heavy (non-hydrogen) atoms. The smallest absolute Gasteiger partial charge is 0.313 e. The van der Waals surface area contributed by atoms with E-state index in [9.17, 15) is 14.7 Å². The average Bonchev–Trinajstić information content (AvgIpc) is 3.04. The number of anilines is 1. The van der Waals surface area contributed by atoms with Crippen molar-refractivity contribution in [2.75, 3.05) is 11.9 Å². The zero-order valence-electron chi connectivity index (χ0n) is 12.7. The van der Waals surface area contributed by atoms with Crippen molar-refractivity contribution in [1.29, 1.82) is 0 Å². The van der Waals surface area contributed by atoms with E-state index in [1.54, 1.807) is 24.3 Å². The topological polar surface area (TPSA) is 78.4 Å². The summed E-state index contributed by atoms with van der Waals surface area (Å²) in [4.78, 5) is 24.4. The molecule has 6 heteroatoms. The summed E-state index contributed by atoms with van der Waals surface area (Å²) in [6, 6.07) is 18.4. The van der Waals surface area contributed by atoms with E-state index in [2.05, 4.69) is 10.6 Å². The second kappa shape index (κ2) is 7.25. The Morgan fingerprint density at radius 3 is 2.46 bits per heavy atom. The van der Waals surface area contributed by atoms with Crippen molar-refractivity contribution in [3.05, 3.63) is 65.5 Å². The fourth-order valence-corrected chi connectivity index (χ4v) is 3.30. The highest BCUT2D eigenvalue weighted by Gasteiger charge is 2.17. The molecule has 1 aromatic heterocycles. The maximum absolute atomic E-state index is 11.8. The van der Waals surface area contributed by atoms with E-state index in [-0.39, 0.29) is 6.54 Å². The van der Waals surface area contributed by atoms with Crippen molar-refractivity contribution in [3.8, 4) is 0 Å². The normalized spacial score (nSPS) is 11.9. The number of hydrogen-bond acceptors (Lipinski definition) is 4. The van der Waals surface area contributed by atoms with Crippen molar-refractivity contribution in [2.24, 2.45) is 0 Å². The van der Waals surface area contributed by atoms with Gasteiger partial charge >= 0.3 is 11.8 Å². The summed E-state index contributed by atoms with van der Waals surface area (Å²) < 4.78 is 1.07. The third-order valence-electron chi connectivity index (χ3n) is 3.47. The molecule has 3 aromatic rings. The molecule has 0 aliphatic heterocycles. The van der Waals surface area contributed by atoms with Gasteiger partial charge in [-0.2, -0.15) is 0 Å². The van der Waals surface area contributed by atoms with E-state index in [0.717, 1.165) is 15.0 Å². The number of fused-ring (bicyclic) bond motifs is 1. The Hall–Kier alpha value is -2.70. The van der Waals surface area contributed by atoms with Crippen LogP contribution in [0.5, 0.6) is 0 Å². The van der Waals surface area contributed by atoms with Crippen LogP contribution in [0.1, 0.15) is 11.0 Å². The van der Waals surface area contributed by atoms with E-state index in [0.29, 0.717) is 5.69 Å². The highest BCUT2D eigenvalue weighted by Crippen LogP contribution is 2.29. The highest BCUT2D eigenvalue weighted by atomic mass is 32.1. The fraction of sp³-hybridized carbons (Fsp3) is 0.111. The van der Waals surface area contributed by atoms with Crippen molar-refractivity contribution in [3.63, 3.8) is 0 Å². The SMILES string of the molecule is O=C(NCC(O)c1cc2ccccc2s1)C(=O)Nc1ccccc1. The summed E-state index contributed by atoms with van der Waals surface area (Å²) in [7, 11) is 0. The number of thiophene rings is 1. The lowest BCUT2D eigenvalue weighted by Crippen LogP contribution is -2.37. The fourth-order valence-electron chi connectivity index (χ4n) is 2.25. The molecule has 0 saturated heterocycles. The second-order valence-electron chi connectivity index (χ2n) is 5.23. The Morgan fingerprint density at radius 2 is 1.71 bits per heavy atom. The number of aliphatic hydroxyl groups is 1. The van der Waals surface area contributed by atoms with Crippen LogP contribution in [0.2, 0.25) is 0 Å². The summed E-state index contributed by atoms with van der Waals surface area (Å²) >= 11 is 1.47. The van der Waals surface area contributed by atoms with Gasteiger partial charge in [-0.1, -0.05) is 36.4 Å². The second-order valence-corrected chi connectivity index (χ2v) is 6.35. The van der Waals surface area contributed by atoms with Crippen LogP contribution in [0, 0.1) is 0 Å². The van der Waals surface area contributed by atoms with Gasteiger partial charge in [-0.25, -0.2) is 0 Å². The molecule has 0 radical (unpaired) electrons. The summed E-state index contributed by atoms with van der Waals surface area (Å²) in [6.45, 7) is -0.0200. The Morgan fingerprint density at radius 1 is 1.00 bits per heavy atom. The molecule has 2 amide bonds. The minimum absolute atomic E-state index is 0.0200. The van der Waals surface area contributed by atoms with Crippen LogP contribution in [-0.2, 0) is 9.59 Å². The van der Waals surface area contributed by atoms with E-state index >= 15 is 0 Å². The van der Waals surface area contributed by atoms with Gasteiger partial charge in [-0.05, 0) is 29.7 Å². The number of carbonyl (C=O) groups is 2. The quantitative estimate of drug-likeness (QED) is 0.639. The minimum atomic E-state index is -0.851. The van der Waals surface area contributed by atoms with Gasteiger partial charge in [0.05, 0.1) is 0 Å². The Labute approximate surface area is 142 Å². The van der Waals surface area contributed by atoms with Crippen LogP contribution in [0.3, 0.4) is 0 Å². The van der Waals surface area contributed by atoms with E-state index in [1.807, 2.05) is 36.4 Å². The van der Waals surface area contributed by atoms with Crippen molar-refractivity contribution >= 4 is 38.9 Å². The van der Waals surface area contributed by atoms with Crippen LogP contribution >= 0.6 is 11.3 Å². The molecule has 122 valence electrons. The number of hydrogen-bond donors (Lipinski definition) is 3. The molecule has 3 rings (SSSR count). The standard InChI is InChI=1S/C18H16N2O3S/c21-14(16-10-12-6-4-5-9-15(12)24-16)11-19-17(22)18(23)20-13-7-2-1-3-8-13/h1-10,14,21H,11H2,(H,19,22)(H,20,23). The number of amides is 2. The molecule has 0 spiro atoms. The number of nitrogens with one attached hydrogen (secondary N) is 2. The van der Waals surface area contributed by atoms with Crippen LogP contribution in [-0.4, -0.2) is 23.5 Å². The number of carbonyl (C=O) groups excluding carboxylic acids is 2. The molecule has 0 aliphatic rings. The molecule has 1 unspecified atom stereocenters. The molecule has 2 aromatic carbocycles. The summed E-state index contributed by atoms with van der Waals surface area (Å²) in [5, 5.41) is 16.2. The first-order valence-corrected chi connectivity index (χ1v) is 8.26. The lowest BCUT2D eigenvalue weighted by Gasteiger charge is -2.10. The third kappa shape index (κ3) is 3.79. The molecule has 0 bridgehead atoms. The zero-order chi connectivity index (χ0) is 16.9. The van der Waals surface area contributed by atoms with Crippen LogP contribution in [0.15, 0.2) is 60.7 Å². The molecular weight excluding hydrogens is 324 g/mol. The van der Waals surface area contributed by atoms with Gasteiger partial charge in [0.1, 0.15) is 6.10 Å². The maximum Gasteiger partial charge on any atom is 0.313 e. The molecule has 5 nitrogen and oxygen atoms in total. The predicted octanol–water partition coefficient (Wildman–Crippen LogP) is 2.69. The first-order valence-electron chi connectivity index (χ1n) is 7.44. The lowest BCUT2D eigenvalue weighted by atomic mass is 10.2. The number of rotatable bonds is 4. The van der Waals surface area contributed by atoms with Crippen molar-refractivity contribution in [2.45, 2.75) is 6.10 Å². The van der Waals surface area contributed by atoms with Gasteiger partial charge in [0.2, 0.25) is 0 Å². The molecule has 0 saturated carbocycles. The first kappa shape index (κ1) is 16.2. The van der Waals surface area contributed by atoms with E-state index in [4.69, 9.17) is 0 Å². The molecule has 1 atom stereocenters. The molecular formula is C18H16N2O3S. The largest absolute Gasteiger partial charge is 0.386 e. The minimum Gasteiger partial charge on any atom is -0.386 e. The van der Waals surface area contributed by atoms with Crippen LogP contribution in [0.4, 0.5) is 5.69 Å². The van der Waals surface area contributed by atoms with Crippen LogP contribution < -0.4 is 10.6 Å². The molecule has 3 N–H and O–H groups in total. The Balaban J connectivity index is 1.56. The van der Waals surface area contributed by atoms with Crippen molar-refractivity contribution < 1.29 is 14.7 Å². The number of para-hydroxylation sites is 1. The van der Waals surface area contributed by atoms with E-state index in [1.165, 1.54) is 11.3 Å². The molecule has 1 heterocycles. The van der Waals surface area contributed by atoms with Gasteiger partial charge in [0.25, 0.3) is 0 Å². The van der Waals surface area contributed by atoms with Crippen molar-refractivity contribution in [1.82, 2.24) is 5.32 Å². The number of benzene rings is 2. The summed E-state index contributed by atoms with van der Waals surface area (Å²) in [5.74, 6) is -1.54. The lowest BCUT2D eigenvalue weighted by molar-refractivity contribution is -0.136.